The number of rotatable bonds is 5. The number of halogens is 7. The number of benzene rings is 2. The molecule has 5 atom stereocenters. The highest BCUT2D eigenvalue weighted by Crippen LogP contribution is 2.48. The average Bonchev–Trinajstić information content (AvgIpc) is 3.22. The van der Waals surface area contributed by atoms with Crippen LogP contribution in [0.1, 0.15) is 61.0 Å². The summed E-state index contributed by atoms with van der Waals surface area (Å²) in [4.78, 5) is 2.33. The Bertz CT molecular complexity index is 986. The maximum atomic E-state index is 13.6. The van der Waals surface area contributed by atoms with Crippen LogP contribution in [0.2, 0.25) is 0 Å². The Labute approximate surface area is 200 Å². The van der Waals surface area contributed by atoms with Gasteiger partial charge in [-0.05, 0) is 79.6 Å². The average molecular weight is 504 g/mol. The molecule has 1 heterocycles. The Morgan fingerprint density at radius 2 is 1.51 bits per heavy atom. The molecule has 35 heavy (non-hydrogen) atoms. The Hall–Kier alpha value is -2.13. The van der Waals surface area contributed by atoms with Crippen LogP contribution in [-0.4, -0.2) is 30.6 Å². The molecule has 1 aliphatic heterocycles. The van der Waals surface area contributed by atoms with E-state index in [0.717, 1.165) is 43.8 Å². The van der Waals surface area contributed by atoms with E-state index in [-0.39, 0.29) is 29.3 Å². The van der Waals surface area contributed by atoms with Crippen LogP contribution in [0.4, 0.5) is 30.7 Å². The zero-order valence-corrected chi connectivity index (χ0v) is 19.5. The molecule has 2 aliphatic rings. The minimum absolute atomic E-state index is 0.126. The van der Waals surface area contributed by atoms with E-state index in [1.165, 1.54) is 19.1 Å². The fourth-order valence-corrected chi connectivity index (χ4v) is 5.65. The molecule has 0 amide bonds. The number of ether oxygens (including phenoxy) is 1. The van der Waals surface area contributed by atoms with Gasteiger partial charge < -0.3 is 9.64 Å². The molecule has 2 nitrogen and oxygen atoms in total. The highest BCUT2D eigenvalue weighted by Gasteiger charge is 2.46. The zero-order chi connectivity index (χ0) is 25.5. The first-order valence-electron chi connectivity index (χ1n) is 11.8. The van der Waals surface area contributed by atoms with Crippen molar-refractivity contribution in [2.24, 2.45) is 11.8 Å². The summed E-state index contributed by atoms with van der Waals surface area (Å²) in [6.45, 7) is 6.20. The number of likely N-dealkylation sites (tertiary alicyclic amines) is 1. The molecule has 0 bridgehead atoms. The molecule has 2 fully saturated rings. The van der Waals surface area contributed by atoms with Crippen molar-refractivity contribution in [3.05, 3.63) is 70.5 Å². The fraction of sp³-hybridized carbons (Fsp3) is 0.538. The van der Waals surface area contributed by atoms with Crippen LogP contribution < -0.4 is 0 Å². The first-order chi connectivity index (χ1) is 16.4. The minimum Gasteiger partial charge on any atom is -0.370 e. The molecule has 2 aromatic rings. The number of fused-ring (bicyclic) bond motifs is 1. The highest BCUT2D eigenvalue weighted by molar-refractivity contribution is 5.35. The first kappa shape index (κ1) is 25.9. The summed E-state index contributed by atoms with van der Waals surface area (Å²) in [7, 11) is 0. The van der Waals surface area contributed by atoms with Gasteiger partial charge >= 0.3 is 12.4 Å². The van der Waals surface area contributed by atoms with Gasteiger partial charge in [-0.2, -0.15) is 26.3 Å². The van der Waals surface area contributed by atoms with E-state index in [1.54, 1.807) is 12.1 Å². The van der Waals surface area contributed by atoms with Crippen LogP contribution in [0.5, 0.6) is 0 Å². The smallest absolute Gasteiger partial charge is 0.370 e. The van der Waals surface area contributed by atoms with Gasteiger partial charge in [-0.1, -0.05) is 19.1 Å². The lowest BCUT2D eigenvalue weighted by atomic mass is 9.69. The van der Waals surface area contributed by atoms with Crippen molar-refractivity contribution in [3.63, 3.8) is 0 Å². The van der Waals surface area contributed by atoms with Crippen LogP contribution >= 0.6 is 0 Å². The summed E-state index contributed by atoms with van der Waals surface area (Å²) in [5.41, 5.74) is -2.01. The van der Waals surface area contributed by atoms with Crippen molar-refractivity contribution >= 4 is 0 Å². The maximum absolute atomic E-state index is 13.6. The molecule has 0 unspecified atom stereocenters. The van der Waals surface area contributed by atoms with Crippen molar-refractivity contribution in [1.29, 1.82) is 0 Å². The van der Waals surface area contributed by atoms with E-state index >= 15 is 0 Å². The number of hydrogen-bond acceptors (Lipinski definition) is 2. The van der Waals surface area contributed by atoms with Crippen molar-refractivity contribution in [2.45, 2.75) is 57.2 Å². The van der Waals surface area contributed by atoms with Gasteiger partial charge in [0.05, 0.1) is 23.3 Å². The molecule has 0 radical (unpaired) electrons. The van der Waals surface area contributed by atoms with Gasteiger partial charge in [0.2, 0.25) is 0 Å². The van der Waals surface area contributed by atoms with E-state index in [4.69, 9.17) is 4.74 Å². The van der Waals surface area contributed by atoms with Gasteiger partial charge in [0, 0.05) is 19.0 Å². The molecule has 0 N–H and O–H groups in total. The standard InChI is InChI=1S/C26H28F7NO/c1-3-34-13-17-6-9-23(24(22(17)14-34)16-4-7-21(27)8-5-16)35-15(2)18-10-19(25(28,29)30)12-20(11-18)26(31,32)33/h4-5,7-8,10-12,15,17,22-24H,3,6,9,13-14H2,1-2H3/t15-,17-,22-,23+,24+/m1/s1. The molecule has 2 aromatic carbocycles. The van der Waals surface area contributed by atoms with Crippen LogP contribution in [0.15, 0.2) is 42.5 Å². The SMILES string of the molecule is CCN1C[C@H]2CC[C@H](O[C@H](C)c3cc(C(F)(F)F)cc(C(F)(F)F)c3)[C@@H](c3ccc(F)cc3)[C@@H]2C1. The number of hydrogen-bond donors (Lipinski definition) is 0. The summed E-state index contributed by atoms with van der Waals surface area (Å²) in [5, 5.41) is 0. The van der Waals surface area contributed by atoms with Gasteiger partial charge in [0.1, 0.15) is 5.82 Å². The monoisotopic (exact) mass is 503 g/mol. The lowest BCUT2D eigenvalue weighted by Gasteiger charge is -2.41. The van der Waals surface area contributed by atoms with E-state index < -0.39 is 35.7 Å². The van der Waals surface area contributed by atoms with Gasteiger partial charge in [-0.25, -0.2) is 4.39 Å². The molecule has 9 heteroatoms. The van der Waals surface area contributed by atoms with Crippen molar-refractivity contribution in [2.75, 3.05) is 19.6 Å². The Morgan fingerprint density at radius 3 is 2.06 bits per heavy atom. The van der Waals surface area contributed by atoms with Gasteiger partial charge in [-0.3, -0.25) is 0 Å². The third-order valence-electron chi connectivity index (χ3n) is 7.41. The Balaban J connectivity index is 1.65. The molecule has 192 valence electrons. The summed E-state index contributed by atoms with van der Waals surface area (Å²) in [5.74, 6) is 0.0996. The predicted octanol–water partition coefficient (Wildman–Crippen LogP) is 7.46. The molecular formula is C26H28F7NO. The summed E-state index contributed by atoms with van der Waals surface area (Å²) < 4.78 is 99.9. The second-order valence-corrected chi connectivity index (χ2v) is 9.59. The summed E-state index contributed by atoms with van der Waals surface area (Å²) in [6, 6.07) is 7.72. The Morgan fingerprint density at radius 1 is 0.914 bits per heavy atom. The van der Waals surface area contributed by atoms with Crippen molar-refractivity contribution in [1.82, 2.24) is 4.90 Å². The highest BCUT2D eigenvalue weighted by atomic mass is 19.4. The largest absolute Gasteiger partial charge is 0.416 e. The lowest BCUT2D eigenvalue weighted by molar-refractivity contribution is -0.143. The van der Waals surface area contributed by atoms with Crippen LogP contribution in [-0.2, 0) is 17.1 Å². The van der Waals surface area contributed by atoms with Gasteiger partial charge in [0.15, 0.2) is 0 Å². The Kier molecular flexibility index (Phi) is 7.21. The van der Waals surface area contributed by atoms with Crippen LogP contribution in [0.3, 0.4) is 0 Å². The van der Waals surface area contributed by atoms with Crippen molar-refractivity contribution < 1.29 is 35.5 Å². The topological polar surface area (TPSA) is 12.5 Å². The van der Waals surface area contributed by atoms with Crippen LogP contribution in [0, 0.1) is 17.7 Å². The second-order valence-electron chi connectivity index (χ2n) is 9.59. The second kappa shape index (κ2) is 9.73. The predicted molar refractivity (Wildman–Crippen MR) is 117 cm³/mol. The minimum atomic E-state index is -4.92. The van der Waals surface area contributed by atoms with Crippen LogP contribution in [0.25, 0.3) is 0 Å². The van der Waals surface area contributed by atoms with E-state index in [2.05, 4.69) is 11.8 Å². The fourth-order valence-electron chi connectivity index (χ4n) is 5.65. The third-order valence-corrected chi connectivity index (χ3v) is 7.41. The molecule has 4 rings (SSSR count). The van der Waals surface area contributed by atoms with E-state index in [0.29, 0.717) is 12.3 Å². The lowest BCUT2D eigenvalue weighted by Crippen LogP contribution is -2.38. The quantitative estimate of drug-likeness (QED) is 0.393. The summed E-state index contributed by atoms with van der Waals surface area (Å²) >= 11 is 0. The molecule has 1 saturated heterocycles. The molecule has 1 aliphatic carbocycles. The first-order valence-corrected chi connectivity index (χ1v) is 11.8. The third kappa shape index (κ3) is 5.66. The molecule has 1 saturated carbocycles. The summed E-state index contributed by atoms with van der Waals surface area (Å²) in [6.07, 6.45) is -9.78. The maximum Gasteiger partial charge on any atom is 0.416 e. The van der Waals surface area contributed by atoms with Gasteiger partial charge in [0.25, 0.3) is 0 Å². The zero-order valence-electron chi connectivity index (χ0n) is 19.5. The van der Waals surface area contributed by atoms with E-state index in [1.807, 2.05) is 0 Å². The number of alkyl halides is 6. The van der Waals surface area contributed by atoms with Gasteiger partial charge in [-0.15, -0.1) is 0 Å². The molecule has 0 aromatic heterocycles. The molecular weight excluding hydrogens is 475 g/mol. The molecule has 0 spiro atoms. The van der Waals surface area contributed by atoms with Crippen molar-refractivity contribution in [3.8, 4) is 0 Å². The van der Waals surface area contributed by atoms with E-state index in [9.17, 15) is 30.7 Å². The number of nitrogens with zero attached hydrogens (tertiary/aromatic N) is 1. The normalized spacial score (nSPS) is 26.5.